The number of aromatic carboxylic acids is 2. The molecule has 0 saturated heterocycles. The molecule has 0 radical (unpaired) electrons. The van der Waals surface area contributed by atoms with Gasteiger partial charge in [0.25, 0.3) is 0 Å². The maximum Gasteiger partial charge on any atom is 2.00 e. The third-order valence-electron chi connectivity index (χ3n) is 1.70. The van der Waals surface area contributed by atoms with Crippen LogP contribution in [0.15, 0.2) is 18.2 Å². The van der Waals surface area contributed by atoms with Crippen LogP contribution in [0.2, 0.25) is 0 Å². The summed E-state index contributed by atoms with van der Waals surface area (Å²) in [5.74, 6) is -2.10. The third-order valence-corrected chi connectivity index (χ3v) is 1.70. The van der Waals surface area contributed by atoms with Crippen LogP contribution in [0.4, 0.5) is 0 Å². The first-order valence-corrected chi connectivity index (χ1v) is 3.59. The van der Waals surface area contributed by atoms with Crippen molar-refractivity contribution in [2.45, 2.75) is 6.92 Å². The van der Waals surface area contributed by atoms with E-state index in [0.717, 1.165) is 0 Å². The summed E-state index contributed by atoms with van der Waals surface area (Å²) < 4.78 is 0. The van der Waals surface area contributed by atoms with Crippen molar-refractivity contribution in [2.24, 2.45) is 0 Å². The summed E-state index contributed by atoms with van der Waals surface area (Å²) in [5, 5.41) is 17.2. The molecule has 74 valence electrons. The summed E-state index contributed by atoms with van der Waals surface area (Å²) in [6.07, 6.45) is 0. The Morgan fingerprint density at radius 2 is 1.73 bits per heavy atom. The molecule has 6 heteroatoms. The molecule has 0 spiro atoms. The van der Waals surface area contributed by atoms with Gasteiger partial charge < -0.3 is 13.1 Å². The van der Waals surface area contributed by atoms with Crippen LogP contribution in [0.3, 0.4) is 0 Å². The Morgan fingerprint density at radius 1 is 1.20 bits per heavy atom. The molecule has 0 bridgehead atoms. The average molecular weight is 288 g/mol. The smallest absolute Gasteiger partial charge is 1.00 e. The Kier molecular flexibility index (Phi) is 8.53. The van der Waals surface area contributed by atoms with E-state index in [2.05, 4.69) is 0 Å². The van der Waals surface area contributed by atoms with Crippen molar-refractivity contribution in [3.05, 3.63) is 34.9 Å². The monoisotopic (exact) mass is 286 g/mol. The molecule has 0 aliphatic carbocycles. The summed E-state index contributed by atoms with van der Waals surface area (Å²) >= 11 is 0. The second-order valence-corrected chi connectivity index (χ2v) is 2.64. The zero-order chi connectivity index (χ0) is 10.0. The van der Waals surface area contributed by atoms with Crippen LogP contribution >= 0.6 is 0 Å². The maximum absolute atomic E-state index is 10.6. The van der Waals surface area contributed by atoms with Crippen molar-refractivity contribution in [3.8, 4) is 0 Å². The molecule has 0 atom stereocenters. The van der Waals surface area contributed by atoms with E-state index in [-0.39, 0.29) is 71.2 Å². The number of carboxylic acid groups (broad SMARTS) is 2. The Labute approximate surface area is 132 Å². The van der Waals surface area contributed by atoms with Gasteiger partial charge in [0, 0.05) is 19.5 Å². The number of carboxylic acids is 2. The molecule has 0 saturated carbocycles. The fourth-order valence-corrected chi connectivity index (χ4v) is 1.04. The van der Waals surface area contributed by atoms with Gasteiger partial charge in [-0.05, 0) is 30.7 Å². The average Bonchev–Trinajstić information content (AvgIpc) is 2.03. The first-order chi connectivity index (χ1) is 6.02. The summed E-state index contributed by atoms with van der Waals surface area (Å²) in [5.41, 5.74) is 0.680. The largest absolute Gasteiger partial charge is 2.00 e. The number of benzene rings is 1. The van der Waals surface area contributed by atoms with Crippen LogP contribution in [0.1, 0.15) is 29.1 Å². The predicted octanol–water partition coefficient (Wildman–Crippen LogP) is 1.23. The standard InChI is InChI=1S/C9H8O4.Ca.Zn.2H/c1-5-4-6(8(10)11)2-3-7(5)9(12)13;;;;/h2-4H,1H3,(H,10,11)(H,12,13);;;;/q;+2;;2*-1. The van der Waals surface area contributed by atoms with E-state index in [1.54, 1.807) is 6.92 Å². The minimum absolute atomic E-state index is 0. The van der Waals surface area contributed by atoms with Gasteiger partial charge in [-0.25, -0.2) is 9.59 Å². The molecule has 0 aromatic heterocycles. The fraction of sp³-hybridized carbons (Fsp3) is 0.111. The molecule has 0 fully saturated rings. The van der Waals surface area contributed by atoms with Gasteiger partial charge in [-0.15, -0.1) is 0 Å². The molecule has 0 aliphatic heterocycles. The van der Waals surface area contributed by atoms with E-state index in [1.165, 1.54) is 18.2 Å². The van der Waals surface area contributed by atoms with Crippen molar-refractivity contribution in [2.75, 3.05) is 0 Å². The van der Waals surface area contributed by atoms with Gasteiger partial charge in [0.15, 0.2) is 0 Å². The van der Waals surface area contributed by atoms with E-state index in [1.807, 2.05) is 0 Å². The van der Waals surface area contributed by atoms with Gasteiger partial charge >= 0.3 is 49.7 Å². The molecule has 0 heterocycles. The van der Waals surface area contributed by atoms with Crippen molar-refractivity contribution in [1.29, 1.82) is 0 Å². The predicted molar refractivity (Wildman–Crippen MR) is 53.1 cm³/mol. The summed E-state index contributed by atoms with van der Waals surface area (Å²) in [4.78, 5) is 21.0. The zero-order valence-corrected chi connectivity index (χ0v) is 13.5. The molecular weight excluding hydrogens is 278 g/mol. The van der Waals surface area contributed by atoms with Crippen molar-refractivity contribution in [1.82, 2.24) is 0 Å². The van der Waals surface area contributed by atoms with Crippen LogP contribution in [-0.2, 0) is 19.5 Å². The maximum atomic E-state index is 10.6. The quantitative estimate of drug-likeness (QED) is 0.803. The van der Waals surface area contributed by atoms with E-state index < -0.39 is 11.9 Å². The molecule has 1 aromatic rings. The second kappa shape index (κ2) is 7.34. The fourth-order valence-electron chi connectivity index (χ4n) is 1.04. The minimum Gasteiger partial charge on any atom is -1.00 e. The van der Waals surface area contributed by atoms with Gasteiger partial charge in [0.2, 0.25) is 0 Å². The van der Waals surface area contributed by atoms with Crippen LogP contribution in [-0.4, -0.2) is 59.9 Å². The summed E-state index contributed by atoms with van der Waals surface area (Å²) in [6, 6.07) is 3.91. The topological polar surface area (TPSA) is 74.6 Å². The van der Waals surface area contributed by atoms with Gasteiger partial charge in [-0.2, -0.15) is 0 Å². The van der Waals surface area contributed by atoms with Crippen LogP contribution < -0.4 is 0 Å². The summed E-state index contributed by atoms with van der Waals surface area (Å²) in [6.45, 7) is 1.57. The van der Waals surface area contributed by atoms with Gasteiger partial charge in [0.05, 0.1) is 11.1 Å². The van der Waals surface area contributed by atoms with Crippen LogP contribution in [0.5, 0.6) is 0 Å². The second-order valence-electron chi connectivity index (χ2n) is 2.64. The van der Waals surface area contributed by atoms with Crippen molar-refractivity contribution in [3.63, 3.8) is 0 Å². The Balaban J connectivity index is -0.000000211. The molecule has 2 N–H and O–H groups in total. The van der Waals surface area contributed by atoms with Gasteiger partial charge in [-0.3, -0.25) is 0 Å². The minimum atomic E-state index is -1.06. The molecule has 1 aromatic carbocycles. The van der Waals surface area contributed by atoms with Crippen LogP contribution in [0.25, 0.3) is 0 Å². The van der Waals surface area contributed by atoms with E-state index in [0.29, 0.717) is 5.56 Å². The number of hydrogen-bond donors (Lipinski definition) is 2. The van der Waals surface area contributed by atoms with E-state index >= 15 is 0 Å². The SMILES string of the molecule is Cc1cc(C(=O)O)ccc1C(=O)O.[Ca+2].[H-].[H-].[Zn]. The van der Waals surface area contributed by atoms with Crippen LogP contribution in [0, 0.1) is 6.92 Å². The summed E-state index contributed by atoms with van der Waals surface area (Å²) in [7, 11) is 0. The van der Waals surface area contributed by atoms with E-state index in [4.69, 9.17) is 10.2 Å². The van der Waals surface area contributed by atoms with Gasteiger partial charge in [-0.1, -0.05) is 0 Å². The Morgan fingerprint density at radius 3 is 2.07 bits per heavy atom. The number of aryl methyl sites for hydroxylation is 1. The Hall–Kier alpha value is 0.0431. The molecule has 4 nitrogen and oxygen atoms in total. The molecule has 1 rings (SSSR count). The van der Waals surface area contributed by atoms with Gasteiger partial charge in [0.1, 0.15) is 0 Å². The number of hydrogen-bond acceptors (Lipinski definition) is 2. The molecule has 15 heavy (non-hydrogen) atoms. The first-order valence-electron chi connectivity index (χ1n) is 3.59. The first kappa shape index (κ1) is 17.4. The van der Waals surface area contributed by atoms with Crippen molar-refractivity contribution < 1.29 is 42.1 Å². The molecule has 0 unspecified atom stereocenters. The molecule has 0 aliphatic rings. The number of carbonyl (C=O) groups is 2. The normalized spacial score (nSPS) is 8.33. The third kappa shape index (κ3) is 4.60. The number of rotatable bonds is 2. The Bertz CT molecular complexity index is 387. The van der Waals surface area contributed by atoms with Crippen molar-refractivity contribution >= 4 is 49.7 Å². The molecular formula is C9H10CaO4Zn. The van der Waals surface area contributed by atoms with E-state index in [9.17, 15) is 9.59 Å². The molecule has 0 amide bonds. The zero-order valence-electron chi connectivity index (χ0n) is 10.4.